The third kappa shape index (κ3) is 3.08. The molecule has 1 aliphatic rings. The maximum atomic E-state index is 5.74. The van der Waals surface area contributed by atoms with Gasteiger partial charge in [-0.15, -0.1) is 0 Å². The Morgan fingerprint density at radius 1 is 1.25 bits per heavy atom. The van der Waals surface area contributed by atoms with Crippen molar-refractivity contribution in [2.45, 2.75) is 45.1 Å². The first-order valence-electron chi connectivity index (χ1n) is 6.00. The molecule has 0 aliphatic heterocycles. The third-order valence-electron chi connectivity index (χ3n) is 3.33. The van der Waals surface area contributed by atoms with E-state index in [0.29, 0.717) is 17.0 Å². The number of hydrogen-bond acceptors (Lipinski definition) is 3. The topological polar surface area (TPSA) is 37.8 Å². The predicted octanol–water partition coefficient (Wildman–Crippen LogP) is 3.51. The summed E-state index contributed by atoms with van der Waals surface area (Å²) < 4.78 is 0. The van der Waals surface area contributed by atoms with Gasteiger partial charge in [0.2, 0.25) is 5.95 Å². The van der Waals surface area contributed by atoms with Crippen molar-refractivity contribution >= 4 is 17.5 Å². The van der Waals surface area contributed by atoms with Crippen molar-refractivity contribution in [3.8, 4) is 0 Å². The summed E-state index contributed by atoms with van der Waals surface area (Å²) >= 11 is 5.74. The largest absolute Gasteiger partial charge is 0.351 e. The highest BCUT2D eigenvalue weighted by Gasteiger charge is 2.20. The van der Waals surface area contributed by atoms with E-state index in [4.69, 9.17) is 11.6 Å². The highest BCUT2D eigenvalue weighted by atomic mass is 35.5. The van der Waals surface area contributed by atoms with E-state index in [-0.39, 0.29) is 0 Å². The van der Waals surface area contributed by atoms with Gasteiger partial charge in [-0.2, -0.15) is 0 Å². The Balaban J connectivity index is 1.90. The summed E-state index contributed by atoms with van der Waals surface area (Å²) in [6, 6.07) is 0.446. The Bertz CT molecular complexity index is 320. The molecule has 16 heavy (non-hydrogen) atoms. The lowest BCUT2D eigenvalue weighted by Crippen LogP contribution is -2.28. The fraction of sp³-hybridized carbons (Fsp3) is 0.667. The van der Waals surface area contributed by atoms with Crippen molar-refractivity contribution < 1.29 is 0 Å². The zero-order valence-electron chi connectivity index (χ0n) is 9.62. The van der Waals surface area contributed by atoms with Crippen molar-refractivity contribution in [1.82, 2.24) is 9.97 Å². The van der Waals surface area contributed by atoms with Gasteiger partial charge < -0.3 is 5.32 Å². The zero-order valence-corrected chi connectivity index (χ0v) is 10.4. The van der Waals surface area contributed by atoms with E-state index in [1.54, 1.807) is 12.4 Å². The highest BCUT2D eigenvalue weighted by Crippen LogP contribution is 2.27. The molecule has 1 atom stereocenters. The Kier molecular flexibility index (Phi) is 3.99. The molecule has 0 radical (unpaired) electrons. The van der Waals surface area contributed by atoms with Crippen molar-refractivity contribution in [3.63, 3.8) is 0 Å². The summed E-state index contributed by atoms with van der Waals surface area (Å²) in [5.74, 6) is 1.44. The molecule has 4 heteroatoms. The van der Waals surface area contributed by atoms with Gasteiger partial charge in [0.15, 0.2) is 0 Å². The van der Waals surface area contributed by atoms with Gasteiger partial charge in [-0.25, -0.2) is 9.97 Å². The van der Waals surface area contributed by atoms with Crippen molar-refractivity contribution in [2.75, 3.05) is 5.32 Å². The van der Waals surface area contributed by atoms with Crippen LogP contribution in [0.15, 0.2) is 12.4 Å². The van der Waals surface area contributed by atoms with Crippen molar-refractivity contribution in [1.29, 1.82) is 0 Å². The SMILES string of the molecule is CC(Nc1ncc(Cl)cn1)C1CCCCC1. The first kappa shape index (κ1) is 11.6. The van der Waals surface area contributed by atoms with Gasteiger partial charge in [0.25, 0.3) is 0 Å². The molecule has 0 amide bonds. The highest BCUT2D eigenvalue weighted by molar-refractivity contribution is 6.30. The number of nitrogens with one attached hydrogen (secondary N) is 1. The van der Waals surface area contributed by atoms with Crippen LogP contribution in [0, 0.1) is 5.92 Å². The summed E-state index contributed by atoms with van der Waals surface area (Å²) in [4.78, 5) is 8.32. The van der Waals surface area contributed by atoms with Crippen LogP contribution < -0.4 is 5.32 Å². The maximum Gasteiger partial charge on any atom is 0.222 e. The van der Waals surface area contributed by atoms with E-state index in [9.17, 15) is 0 Å². The first-order valence-corrected chi connectivity index (χ1v) is 6.37. The molecule has 1 fully saturated rings. The van der Waals surface area contributed by atoms with E-state index in [1.165, 1.54) is 32.1 Å². The lowest BCUT2D eigenvalue weighted by Gasteiger charge is -2.28. The van der Waals surface area contributed by atoms with Gasteiger partial charge >= 0.3 is 0 Å². The molecule has 1 aromatic heterocycles. The number of aromatic nitrogens is 2. The molecule has 3 nitrogen and oxygen atoms in total. The quantitative estimate of drug-likeness (QED) is 0.877. The second-order valence-electron chi connectivity index (χ2n) is 4.56. The third-order valence-corrected chi connectivity index (χ3v) is 3.53. The minimum Gasteiger partial charge on any atom is -0.351 e. The summed E-state index contributed by atoms with van der Waals surface area (Å²) in [5, 5.41) is 3.94. The van der Waals surface area contributed by atoms with Gasteiger partial charge in [-0.3, -0.25) is 0 Å². The molecule has 1 saturated carbocycles. The average Bonchev–Trinajstić information content (AvgIpc) is 2.33. The molecule has 1 heterocycles. The Hall–Kier alpha value is -0.830. The van der Waals surface area contributed by atoms with Crippen LogP contribution >= 0.6 is 11.6 Å². The van der Waals surface area contributed by atoms with E-state index < -0.39 is 0 Å². The van der Waals surface area contributed by atoms with E-state index in [0.717, 1.165) is 5.92 Å². The standard InChI is InChI=1S/C12H18ClN3/c1-9(10-5-3-2-4-6-10)16-12-14-7-11(13)8-15-12/h7-10H,2-6H2,1H3,(H,14,15,16). The molecule has 2 rings (SSSR count). The normalized spacial score (nSPS) is 19.4. The molecular weight excluding hydrogens is 222 g/mol. The summed E-state index contributed by atoms with van der Waals surface area (Å²) in [6.45, 7) is 2.22. The van der Waals surface area contributed by atoms with Crippen LogP contribution in [0.3, 0.4) is 0 Å². The van der Waals surface area contributed by atoms with Crippen LogP contribution in [0.5, 0.6) is 0 Å². The smallest absolute Gasteiger partial charge is 0.222 e. The maximum absolute atomic E-state index is 5.74. The predicted molar refractivity (Wildman–Crippen MR) is 66.7 cm³/mol. The van der Waals surface area contributed by atoms with Gasteiger partial charge in [0.1, 0.15) is 0 Å². The average molecular weight is 240 g/mol. The molecule has 1 N–H and O–H groups in total. The van der Waals surface area contributed by atoms with Gasteiger partial charge in [-0.05, 0) is 25.7 Å². The van der Waals surface area contributed by atoms with E-state index in [2.05, 4.69) is 22.2 Å². The molecule has 88 valence electrons. The molecule has 0 aromatic carbocycles. The lowest BCUT2D eigenvalue weighted by atomic mass is 9.85. The van der Waals surface area contributed by atoms with Gasteiger partial charge in [-0.1, -0.05) is 30.9 Å². The molecule has 1 aromatic rings. The van der Waals surface area contributed by atoms with Crippen LogP contribution in [-0.2, 0) is 0 Å². The van der Waals surface area contributed by atoms with Gasteiger partial charge in [0, 0.05) is 6.04 Å². The van der Waals surface area contributed by atoms with Gasteiger partial charge in [0.05, 0.1) is 17.4 Å². The molecule has 0 bridgehead atoms. The minimum absolute atomic E-state index is 0.446. The summed E-state index contributed by atoms with van der Waals surface area (Å²) in [7, 11) is 0. The lowest BCUT2D eigenvalue weighted by molar-refractivity contribution is 0.327. The second kappa shape index (κ2) is 5.48. The van der Waals surface area contributed by atoms with Crippen LogP contribution in [-0.4, -0.2) is 16.0 Å². The van der Waals surface area contributed by atoms with Crippen molar-refractivity contribution in [2.24, 2.45) is 5.92 Å². The molecule has 1 aliphatic carbocycles. The number of nitrogens with zero attached hydrogens (tertiary/aromatic N) is 2. The molecule has 0 saturated heterocycles. The monoisotopic (exact) mass is 239 g/mol. The number of rotatable bonds is 3. The fourth-order valence-electron chi connectivity index (χ4n) is 2.34. The Morgan fingerprint density at radius 3 is 2.50 bits per heavy atom. The molecular formula is C12H18ClN3. The van der Waals surface area contributed by atoms with Crippen LogP contribution in [0.4, 0.5) is 5.95 Å². The van der Waals surface area contributed by atoms with Crippen LogP contribution in [0.1, 0.15) is 39.0 Å². The molecule has 0 spiro atoms. The van der Waals surface area contributed by atoms with Crippen molar-refractivity contribution in [3.05, 3.63) is 17.4 Å². The first-order chi connectivity index (χ1) is 7.75. The molecule has 1 unspecified atom stereocenters. The van der Waals surface area contributed by atoms with E-state index >= 15 is 0 Å². The Morgan fingerprint density at radius 2 is 1.88 bits per heavy atom. The summed E-state index contributed by atoms with van der Waals surface area (Å²) in [5.41, 5.74) is 0. The number of anilines is 1. The van der Waals surface area contributed by atoms with Crippen LogP contribution in [0.25, 0.3) is 0 Å². The second-order valence-corrected chi connectivity index (χ2v) is 4.99. The van der Waals surface area contributed by atoms with Crippen LogP contribution in [0.2, 0.25) is 5.02 Å². The zero-order chi connectivity index (χ0) is 11.4. The fourth-order valence-corrected chi connectivity index (χ4v) is 2.44. The van der Waals surface area contributed by atoms with E-state index in [1.807, 2.05) is 0 Å². The minimum atomic E-state index is 0.446. The number of halogens is 1. The number of hydrogen-bond donors (Lipinski definition) is 1. The Labute approximate surface area is 102 Å². The summed E-state index contributed by atoms with van der Waals surface area (Å²) in [6.07, 6.45) is 10.0.